The monoisotopic (exact) mass is 547 g/mol. The number of aromatic nitrogens is 5. The summed E-state index contributed by atoms with van der Waals surface area (Å²) < 4.78 is 14.2. The molecule has 0 N–H and O–H groups in total. The van der Waals surface area contributed by atoms with Crippen LogP contribution in [-0.4, -0.2) is 74.0 Å². The van der Waals surface area contributed by atoms with Gasteiger partial charge in [-0.15, -0.1) is 10.2 Å². The Morgan fingerprint density at radius 2 is 1.65 bits per heavy atom. The van der Waals surface area contributed by atoms with E-state index in [9.17, 15) is 9.59 Å². The summed E-state index contributed by atoms with van der Waals surface area (Å²) in [4.78, 5) is 35.3. The minimum Gasteiger partial charge on any atom is -0.497 e. The van der Waals surface area contributed by atoms with E-state index in [4.69, 9.17) is 14.5 Å². The summed E-state index contributed by atoms with van der Waals surface area (Å²) in [6, 6.07) is 9.65. The third-order valence-electron chi connectivity index (χ3n) is 6.91. The predicted octanol–water partition coefficient (Wildman–Crippen LogP) is 3.85. The van der Waals surface area contributed by atoms with Crippen LogP contribution in [0.2, 0.25) is 0 Å². The molecule has 0 saturated carbocycles. The van der Waals surface area contributed by atoms with Gasteiger partial charge in [0.05, 0.1) is 31.1 Å². The minimum absolute atomic E-state index is 0.220. The van der Waals surface area contributed by atoms with E-state index in [0.717, 1.165) is 17.0 Å². The van der Waals surface area contributed by atoms with Crippen molar-refractivity contribution in [2.45, 2.75) is 59.1 Å². The van der Waals surface area contributed by atoms with Crippen molar-refractivity contribution in [1.29, 1.82) is 0 Å². The molecule has 0 aliphatic carbocycles. The van der Waals surface area contributed by atoms with Crippen molar-refractivity contribution >= 4 is 28.5 Å². The smallest absolute Gasteiger partial charge is 0.410 e. The molecule has 0 atom stereocenters. The average molecular weight is 548 g/mol. The molecule has 40 heavy (non-hydrogen) atoms. The first-order valence-corrected chi connectivity index (χ1v) is 13.5. The molecule has 11 heteroatoms. The van der Waals surface area contributed by atoms with E-state index < -0.39 is 11.0 Å². The molecular formula is C29H37N7O4. The number of hydrogen-bond donors (Lipinski definition) is 0. The fourth-order valence-corrected chi connectivity index (χ4v) is 4.86. The van der Waals surface area contributed by atoms with Crippen molar-refractivity contribution in [1.82, 2.24) is 29.0 Å². The minimum atomic E-state index is -0.538. The Hall–Kier alpha value is -4.15. The second kappa shape index (κ2) is 10.1. The molecule has 3 aromatic heterocycles. The number of hydrogen-bond acceptors (Lipinski definition) is 8. The Labute approximate surface area is 233 Å². The van der Waals surface area contributed by atoms with E-state index in [1.807, 2.05) is 71.9 Å². The zero-order valence-electron chi connectivity index (χ0n) is 24.3. The second-order valence-corrected chi connectivity index (χ2v) is 12.2. The SMILES string of the molecule is COc1ccc(Cn2c(=O)n3c(C(C)(C)C)nnc3c3ncc(N4CCN(C(=O)OC(C)(C)C)CC4)cc32)cc1. The zero-order valence-corrected chi connectivity index (χ0v) is 24.3. The maximum Gasteiger partial charge on any atom is 0.410 e. The van der Waals surface area contributed by atoms with E-state index in [1.54, 1.807) is 27.2 Å². The Kier molecular flexibility index (Phi) is 6.93. The van der Waals surface area contributed by atoms with Crippen LogP contribution < -0.4 is 15.3 Å². The number of piperazine rings is 1. The Morgan fingerprint density at radius 3 is 2.25 bits per heavy atom. The number of anilines is 1. The van der Waals surface area contributed by atoms with Crippen LogP contribution in [0.25, 0.3) is 16.7 Å². The summed E-state index contributed by atoms with van der Waals surface area (Å²) in [5.74, 6) is 1.33. The fourth-order valence-electron chi connectivity index (χ4n) is 4.86. The largest absolute Gasteiger partial charge is 0.497 e. The van der Waals surface area contributed by atoms with Gasteiger partial charge in [-0.1, -0.05) is 32.9 Å². The molecular weight excluding hydrogens is 510 g/mol. The fraction of sp³-hybridized carbons (Fsp3) is 0.483. The van der Waals surface area contributed by atoms with Crippen LogP contribution in [0.5, 0.6) is 5.75 Å². The lowest BCUT2D eigenvalue weighted by molar-refractivity contribution is 0.0240. The van der Waals surface area contributed by atoms with Crippen molar-refractivity contribution in [3.8, 4) is 5.75 Å². The van der Waals surface area contributed by atoms with Crippen molar-refractivity contribution in [2.75, 3.05) is 38.2 Å². The predicted molar refractivity (Wildman–Crippen MR) is 153 cm³/mol. The van der Waals surface area contributed by atoms with Gasteiger partial charge in [0.15, 0.2) is 5.65 Å². The van der Waals surface area contributed by atoms with Crippen LogP contribution in [0.4, 0.5) is 10.5 Å². The standard InChI is InChI=1S/C29H37N7O4/c1-28(2,3)25-32-31-24-23-22(35(26(37)36(24)25)18-19-8-10-21(39-7)11-9-19)16-20(17-30-23)33-12-14-34(15-13-33)27(38)40-29(4,5)6/h8-11,16-17H,12-15,18H2,1-7H3. The van der Waals surface area contributed by atoms with Crippen LogP contribution in [-0.2, 0) is 16.7 Å². The number of ether oxygens (including phenoxy) is 2. The number of carbonyl (C=O) groups is 1. The van der Waals surface area contributed by atoms with Crippen LogP contribution in [0, 0.1) is 0 Å². The molecule has 4 aromatic rings. The zero-order chi connectivity index (χ0) is 28.8. The van der Waals surface area contributed by atoms with Gasteiger partial charge in [0, 0.05) is 31.6 Å². The van der Waals surface area contributed by atoms with Gasteiger partial charge >= 0.3 is 11.8 Å². The summed E-state index contributed by atoms with van der Waals surface area (Å²) in [5, 5.41) is 8.79. The van der Waals surface area contributed by atoms with E-state index in [1.165, 1.54) is 0 Å². The Morgan fingerprint density at radius 1 is 0.975 bits per heavy atom. The lowest BCUT2D eigenvalue weighted by Crippen LogP contribution is -2.50. The number of benzene rings is 1. The normalized spacial score (nSPS) is 14.7. The van der Waals surface area contributed by atoms with Gasteiger partial charge in [0.25, 0.3) is 0 Å². The molecule has 1 aromatic carbocycles. The molecule has 1 amide bonds. The number of pyridine rings is 1. The quantitative estimate of drug-likeness (QED) is 0.379. The lowest BCUT2D eigenvalue weighted by Gasteiger charge is -2.36. The molecule has 1 saturated heterocycles. The van der Waals surface area contributed by atoms with E-state index in [0.29, 0.717) is 55.2 Å². The van der Waals surface area contributed by atoms with E-state index in [-0.39, 0.29) is 11.8 Å². The van der Waals surface area contributed by atoms with Gasteiger partial charge < -0.3 is 19.3 Å². The van der Waals surface area contributed by atoms with Gasteiger partial charge in [-0.2, -0.15) is 0 Å². The number of fused-ring (bicyclic) bond motifs is 3. The first-order valence-electron chi connectivity index (χ1n) is 13.5. The highest BCUT2D eigenvalue weighted by molar-refractivity contribution is 5.89. The molecule has 4 heterocycles. The average Bonchev–Trinajstić information content (AvgIpc) is 3.37. The number of carbonyl (C=O) groups excluding carboxylic acids is 1. The molecule has 0 spiro atoms. The number of rotatable bonds is 4. The molecule has 1 aliphatic rings. The molecule has 5 rings (SSSR count). The van der Waals surface area contributed by atoms with Gasteiger partial charge in [0.2, 0.25) is 0 Å². The van der Waals surface area contributed by atoms with Crippen LogP contribution in [0.15, 0.2) is 41.3 Å². The summed E-state index contributed by atoms with van der Waals surface area (Å²) >= 11 is 0. The van der Waals surface area contributed by atoms with Crippen molar-refractivity contribution in [2.24, 2.45) is 0 Å². The summed E-state index contributed by atoms with van der Waals surface area (Å²) in [6.07, 6.45) is 1.50. The maximum atomic E-state index is 14.0. The molecule has 0 bridgehead atoms. The van der Waals surface area contributed by atoms with Gasteiger partial charge in [0.1, 0.15) is 22.7 Å². The van der Waals surface area contributed by atoms with E-state index in [2.05, 4.69) is 15.1 Å². The van der Waals surface area contributed by atoms with Gasteiger partial charge in [-0.25, -0.2) is 19.0 Å². The molecule has 1 aliphatic heterocycles. The van der Waals surface area contributed by atoms with Crippen LogP contribution in [0.1, 0.15) is 52.9 Å². The highest BCUT2D eigenvalue weighted by Crippen LogP contribution is 2.27. The summed E-state index contributed by atoms with van der Waals surface area (Å²) in [6.45, 7) is 14.3. The second-order valence-electron chi connectivity index (χ2n) is 12.2. The highest BCUT2D eigenvalue weighted by atomic mass is 16.6. The van der Waals surface area contributed by atoms with Gasteiger partial charge in [-0.3, -0.25) is 4.57 Å². The van der Waals surface area contributed by atoms with E-state index >= 15 is 0 Å². The molecule has 212 valence electrons. The summed E-state index contributed by atoms with van der Waals surface area (Å²) in [5.41, 5.74) is 2.39. The number of amides is 1. The van der Waals surface area contributed by atoms with Crippen molar-refractivity contribution in [3.63, 3.8) is 0 Å². The third kappa shape index (κ3) is 5.32. The molecule has 0 radical (unpaired) electrons. The Bertz CT molecular complexity index is 1600. The molecule has 11 nitrogen and oxygen atoms in total. The lowest BCUT2D eigenvalue weighted by atomic mass is 9.96. The van der Waals surface area contributed by atoms with Crippen LogP contribution in [0.3, 0.4) is 0 Å². The van der Waals surface area contributed by atoms with Crippen molar-refractivity contribution < 1.29 is 14.3 Å². The van der Waals surface area contributed by atoms with Gasteiger partial charge in [-0.05, 0) is 44.5 Å². The topological polar surface area (TPSA) is 107 Å². The third-order valence-corrected chi connectivity index (χ3v) is 6.91. The molecule has 0 unspecified atom stereocenters. The van der Waals surface area contributed by atoms with Crippen LogP contribution >= 0.6 is 0 Å². The first-order chi connectivity index (χ1) is 18.9. The molecule has 1 fully saturated rings. The summed E-state index contributed by atoms with van der Waals surface area (Å²) in [7, 11) is 1.63. The van der Waals surface area contributed by atoms with Crippen molar-refractivity contribution in [3.05, 3.63) is 58.4 Å². The Balaban J connectivity index is 1.55. The maximum absolute atomic E-state index is 14.0. The number of methoxy groups -OCH3 is 1. The highest BCUT2D eigenvalue weighted by Gasteiger charge is 2.28. The first kappa shape index (κ1) is 27.4. The number of nitrogens with zero attached hydrogens (tertiary/aromatic N) is 7.